The molecule has 21 heavy (non-hydrogen) atoms. The van der Waals surface area contributed by atoms with Gasteiger partial charge in [0.15, 0.2) is 0 Å². The van der Waals surface area contributed by atoms with Crippen molar-refractivity contribution < 1.29 is 9.47 Å². The molecule has 2 rings (SSSR count). The Kier molecular flexibility index (Phi) is 6.92. The summed E-state index contributed by atoms with van der Waals surface area (Å²) in [6.45, 7) is 5.25. The number of ether oxygens (including phenoxy) is 2. The molecule has 0 atom stereocenters. The van der Waals surface area contributed by atoms with Crippen LogP contribution in [0.1, 0.15) is 18.4 Å². The van der Waals surface area contributed by atoms with Crippen molar-refractivity contribution in [2.45, 2.75) is 19.4 Å². The van der Waals surface area contributed by atoms with Crippen molar-refractivity contribution in [2.75, 3.05) is 52.0 Å². The van der Waals surface area contributed by atoms with E-state index in [1.807, 2.05) is 12.3 Å². The molecule has 1 aliphatic rings. The zero-order chi connectivity index (χ0) is 14.9. The Balaban J connectivity index is 1.90. The van der Waals surface area contributed by atoms with Gasteiger partial charge in [-0.2, -0.15) is 0 Å². The maximum Gasteiger partial charge on any atom is 0.132 e. The highest BCUT2D eigenvalue weighted by atomic mass is 16.5. The lowest BCUT2D eigenvalue weighted by atomic mass is 10.00. The lowest BCUT2D eigenvalue weighted by molar-refractivity contribution is 0.0685. The molecule has 0 amide bonds. The van der Waals surface area contributed by atoms with Gasteiger partial charge in [-0.25, -0.2) is 4.98 Å². The number of anilines is 1. The minimum atomic E-state index is 0.708. The van der Waals surface area contributed by atoms with Gasteiger partial charge in [0.1, 0.15) is 5.82 Å². The number of nitrogens with one attached hydrogen (secondary N) is 1. The van der Waals surface area contributed by atoms with Crippen LogP contribution >= 0.6 is 0 Å². The summed E-state index contributed by atoms with van der Waals surface area (Å²) >= 11 is 0. The van der Waals surface area contributed by atoms with Crippen LogP contribution in [0.4, 0.5) is 5.82 Å². The van der Waals surface area contributed by atoms with Gasteiger partial charge in [0.2, 0.25) is 0 Å². The van der Waals surface area contributed by atoms with Gasteiger partial charge in [0.05, 0.1) is 6.61 Å². The van der Waals surface area contributed by atoms with Crippen molar-refractivity contribution in [1.29, 1.82) is 0 Å². The van der Waals surface area contributed by atoms with E-state index in [9.17, 15) is 0 Å². The Morgan fingerprint density at radius 2 is 2.24 bits per heavy atom. The predicted molar refractivity (Wildman–Crippen MR) is 84.6 cm³/mol. The number of pyridine rings is 1. The molecule has 1 aliphatic heterocycles. The van der Waals surface area contributed by atoms with Crippen molar-refractivity contribution >= 4 is 5.82 Å². The highest BCUT2D eigenvalue weighted by Crippen LogP contribution is 2.21. The maximum atomic E-state index is 5.43. The Morgan fingerprint density at radius 3 is 3.00 bits per heavy atom. The summed E-state index contributed by atoms with van der Waals surface area (Å²) in [4.78, 5) is 6.85. The standard InChI is InChI=1S/C16H27N3O2/c1-19(13-14-5-9-21-10-6-14)16-15(4-3-7-18-16)12-17-8-11-20-2/h3-4,7,14,17H,5-6,8-13H2,1-2H3. The Bertz CT molecular complexity index is 408. The van der Waals surface area contributed by atoms with Crippen LogP contribution in [0, 0.1) is 5.92 Å². The first-order chi connectivity index (χ1) is 10.3. The molecule has 1 fully saturated rings. The summed E-state index contributed by atoms with van der Waals surface area (Å²) < 4.78 is 10.5. The minimum absolute atomic E-state index is 0.708. The minimum Gasteiger partial charge on any atom is -0.383 e. The molecule has 0 aromatic carbocycles. The van der Waals surface area contributed by atoms with E-state index >= 15 is 0 Å². The quantitative estimate of drug-likeness (QED) is 0.739. The van der Waals surface area contributed by atoms with Crippen molar-refractivity contribution in [2.24, 2.45) is 5.92 Å². The third kappa shape index (κ3) is 5.26. The van der Waals surface area contributed by atoms with E-state index < -0.39 is 0 Å². The average molecular weight is 293 g/mol. The number of rotatable bonds is 8. The van der Waals surface area contributed by atoms with Crippen LogP contribution in [0.3, 0.4) is 0 Å². The molecule has 0 spiro atoms. The topological polar surface area (TPSA) is 46.6 Å². The fourth-order valence-corrected chi connectivity index (χ4v) is 2.71. The molecular formula is C16H27N3O2. The van der Waals surface area contributed by atoms with E-state index in [0.29, 0.717) is 5.92 Å². The summed E-state index contributed by atoms with van der Waals surface area (Å²) in [5.41, 5.74) is 1.24. The molecule has 1 saturated heterocycles. The Labute approximate surface area is 127 Å². The second-order valence-corrected chi connectivity index (χ2v) is 5.59. The van der Waals surface area contributed by atoms with Gasteiger partial charge in [-0.05, 0) is 24.8 Å². The molecule has 5 nitrogen and oxygen atoms in total. The largest absolute Gasteiger partial charge is 0.383 e. The van der Waals surface area contributed by atoms with Crippen molar-refractivity contribution in [3.05, 3.63) is 23.9 Å². The van der Waals surface area contributed by atoms with Crippen molar-refractivity contribution in [1.82, 2.24) is 10.3 Å². The normalized spacial score (nSPS) is 16.1. The van der Waals surface area contributed by atoms with Crippen molar-refractivity contribution in [3.63, 3.8) is 0 Å². The molecule has 5 heteroatoms. The number of aromatic nitrogens is 1. The van der Waals surface area contributed by atoms with E-state index in [2.05, 4.69) is 28.3 Å². The first-order valence-electron chi connectivity index (χ1n) is 7.73. The molecule has 1 aromatic rings. The highest BCUT2D eigenvalue weighted by molar-refractivity contribution is 5.45. The maximum absolute atomic E-state index is 5.43. The van der Waals surface area contributed by atoms with Crippen LogP contribution in [0.5, 0.6) is 0 Å². The van der Waals surface area contributed by atoms with Crippen LogP contribution in [-0.4, -0.2) is 52.1 Å². The first kappa shape index (κ1) is 16.2. The summed E-state index contributed by atoms with van der Waals surface area (Å²) in [6, 6.07) is 4.14. The van der Waals surface area contributed by atoms with Gasteiger partial charge in [0, 0.05) is 58.8 Å². The highest BCUT2D eigenvalue weighted by Gasteiger charge is 2.17. The first-order valence-corrected chi connectivity index (χ1v) is 7.73. The fourth-order valence-electron chi connectivity index (χ4n) is 2.71. The van der Waals surface area contributed by atoms with Gasteiger partial charge in [-0.15, -0.1) is 0 Å². The molecule has 0 radical (unpaired) electrons. The number of methoxy groups -OCH3 is 1. The molecular weight excluding hydrogens is 266 g/mol. The van der Waals surface area contributed by atoms with Crippen LogP contribution in [0.15, 0.2) is 18.3 Å². The molecule has 0 aliphatic carbocycles. The summed E-state index contributed by atoms with van der Waals surface area (Å²) in [7, 11) is 3.86. The third-order valence-electron chi connectivity index (χ3n) is 3.90. The van der Waals surface area contributed by atoms with Crippen LogP contribution < -0.4 is 10.2 Å². The molecule has 0 bridgehead atoms. The van der Waals surface area contributed by atoms with E-state index in [0.717, 1.165) is 58.1 Å². The van der Waals surface area contributed by atoms with Gasteiger partial charge in [-0.1, -0.05) is 6.07 Å². The molecule has 118 valence electrons. The smallest absolute Gasteiger partial charge is 0.132 e. The molecule has 0 unspecified atom stereocenters. The van der Waals surface area contributed by atoms with E-state index in [1.54, 1.807) is 7.11 Å². The van der Waals surface area contributed by atoms with Gasteiger partial charge in [0.25, 0.3) is 0 Å². The SMILES string of the molecule is COCCNCc1cccnc1N(C)CC1CCOCC1. The zero-order valence-corrected chi connectivity index (χ0v) is 13.2. The van der Waals surface area contributed by atoms with E-state index in [4.69, 9.17) is 9.47 Å². The molecule has 0 saturated carbocycles. The van der Waals surface area contributed by atoms with Crippen LogP contribution in [0.25, 0.3) is 0 Å². The monoisotopic (exact) mass is 293 g/mol. The second kappa shape index (κ2) is 8.97. The third-order valence-corrected chi connectivity index (χ3v) is 3.90. The van der Waals surface area contributed by atoms with Gasteiger partial charge in [-0.3, -0.25) is 0 Å². The van der Waals surface area contributed by atoms with Gasteiger partial charge < -0.3 is 19.7 Å². The lowest BCUT2D eigenvalue weighted by Crippen LogP contribution is -2.31. The fraction of sp³-hybridized carbons (Fsp3) is 0.688. The van der Waals surface area contributed by atoms with Gasteiger partial charge >= 0.3 is 0 Å². The lowest BCUT2D eigenvalue weighted by Gasteiger charge is -2.29. The number of hydrogen-bond acceptors (Lipinski definition) is 5. The van der Waals surface area contributed by atoms with E-state index in [1.165, 1.54) is 5.56 Å². The second-order valence-electron chi connectivity index (χ2n) is 5.59. The predicted octanol–water partition coefficient (Wildman–Crippen LogP) is 1.68. The van der Waals surface area contributed by atoms with Crippen LogP contribution in [0.2, 0.25) is 0 Å². The Morgan fingerprint density at radius 1 is 1.43 bits per heavy atom. The zero-order valence-electron chi connectivity index (χ0n) is 13.2. The molecule has 1 aromatic heterocycles. The average Bonchev–Trinajstić information content (AvgIpc) is 2.53. The molecule has 2 heterocycles. The van der Waals surface area contributed by atoms with Crippen molar-refractivity contribution in [3.8, 4) is 0 Å². The summed E-state index contributed by atoms with van der Waals surface area (Å²) in [5, 5.41) is 3.39. The summed E-state index contributed by atoms with van der Waals surface area (Å²) in [6.07, 6.45) is 4.17. The number of hydrogen-bond donors (Lipinski definition) is 1. The Hall–Kier alpha value is -1.17. The van der Waals surface area contributed by atoms with Crippen LogP contribution in [-0.2, 0) is 16.0 Å². The number of nitrogens with zero attached hydrogens (tertiary/aromatic N) is 2. The van der Waals surface area contributed by atoms with E-state index in [-0.39, 0.29) is 0 Å². The molecule has 1 N–H and O–H groups in total. The summed E-state index contributed by atoms with van der Waals surface area (Å²) in [5.74, 6) is 1.79.